The van der Waals surface area contributed by atoms with E-state index in [1.54, 1.807) is 20.8 Å². The van der Waals surface area contributed by atoms with Gasteiger partial charge in [-0.2, -0.15) is 0 Å². The largest absolute Gasteiger partial charge is 0.459 e. The highest BCUT2D eigenvalue weighted by atomic mass is 16.6. The van der Waals surface area contributed by atoms with Crippen molar-refractivity contribution < 1.29 is 35.1 Å². The highest BCUT2D eigenvalue weighted by molar-refractivity contribution is 5.77. The molecule has 0 aromatic rings. The summed E-state index contributed by atoms with van der Waals surface area (Å²) in [5.41, 5.74) is -1.58. The molecule has 4 fully saturated rings. The standard InChI is InChI=1S/C19H28O7/c1-6-5-8(20)15(24)18(3)9(6)12(22)16-19(4)10(17(25)26-16)7(2)11(21)13(23)14(18)19/h7-16,20-24H,1,5H2,2-4H3/t7-,8+,9?,10?,11-,12-,13+,14?,15-,16-,18+,19+/m1/s1. The van der Waals surface area contributed by atoms with Crippen LogP contribution in [0.1, 0.15) is 27.2 Å². The number of hydrogen-bond donors (Lipinski definition) is 5. The molecule has 26 heavy (non-hydrogen) atoms. The summed E-state index contributed by atoms with van der Waals surface area (Å²) in [6, 6.07) is 0. The number of hydrogen-bond acceptors (Lipinski definition) is 7. The summed E-state index contributed by atoms with van der Waals surface area (Å²) >= 11 is 0. The smallest absolute Gasteiger partial charge is 0.310 e. The second-order valence-corrected chi connectivity index (χ2v) is 9.23. The minimum atomic E-state index is -1.23. The monoisotopic (exact) mass is 368 g/mol. The molecule has 0 aromatic heterocycles. The van der Waals surface area contributed by atoms with Crippen molar-refractivity contribution in [2.75, 3.05) is 0 Å². The van der Waals surface area contributed by atoms with Crippen LogP contribution in [0.4, 0.5) is 0 Å². The molecule has 12 atom stereocenters. The van der Waals surface area contributed by atoms with Crippen molar-refractivity contribution in [3.05, 3.63) is 12.2 Å². The highest BCUT2D eigenvalue weighted by Gasteiger charge is 2.77. The van der Waals surface area contributed by atoms with E-state index >= 15 is 0 Å². The minimum absolute atomic E-state index is 0.126. The number of esters is 1. The molecule has 0 radical (unpaired) electrons. The minimum Gasteiger partial charge on any atom is -0.459 e. The number of aliphatic hydroxyl groups excluding tert-OH is 5. The third-order valence-electron chi connectivity index (χ3n) is 8.11. The number of ether oxygens (including phenoxy) is 1. The number of rotatable bonds is 0. The van der Waals surface area contributed by atoms with Gasteiger partial charge < -0.3 is 30.3 Å². The van der Waals surface area contributed by atoms with Crippen molar-refractivity contribution in [1.82, 2.24) is 0 Å². The van der Waals surface area contributed by atoms with Gasteiger partial charge in [0.15, 0.2) is 0 Å². The van der Waals surface area contributed by atoms with E-state index in [0.717, 1.165) is 0 Å². The van der Waals surface area contributed by atoms with Crippen LogP contribution in [-0.2, 0) is 9.53 Å². The Labute approximate surface area is 152 Å². The van der Waals surface area contributed by atoms with Crippen molar-refractivity contribution in [3.63, 3.8) is 0 Å². The lowest BCUT2D eigenvalue weighted by molar-refractivity contribution is -0.283. The van der Waals surface area contributed by atoms with Crippen LogP contribution in [0.15, 0.2) is 12.2 Å². The lowest BCUT2D eigenvalue weighted by atomic mass is 9.38. The van der Waals surface area contributed by atoms with Gasteiger partial charge in [-0.05, 0) is 12.3 Å². The van der Waals surface area contributed by atoms with E-state index in [1.165, 1.54) is 0 Å². The van der Waals surface area contributed by atoms with Gasteiger partial charge in [-0.3, -0.25) is 4.79 Å². The van der Waals surface area contributed by atoms with E-state index in [0.29, 0.717) is 5.57 Å². The molecule has 7 nitrogen and oxygen atoms in total. The summed E-state index contributed by atoms with van der Waals surface area (Å²) in [4.78, 5) is 12.6. The van der Waals surface area contributed by atoms with Crippen LogP contribution >= 0.6 is 0 Å². The first-order chi connectivity index (χ1) is 12.0. The lowest BCUT2D eigenvalue weighted by Crippen LogP contribution is -2.75. The first kappa shape index (κ1) is 18.4. The Hall–Kier alpha value is -0.990. The molecule has 3 saturated carbocycles. The van der Waals surface area contributed by atoms with E-state index in [-0.39, 0.29) is 6.42 Å². The Morgan fingerprint density at radius 1 is 1.00 bits per heavy atom. The zero-order valence-electron chi connectivity index (χ0n) is 15.2. The zero-order valence-corrected chi connectivity index (χ0v) is 15.2. The third-order valence-corrected chi connectivity index (χ3v) is 8.11. The van der Waals surface area contributed by atoms with Crippen LogP contribution < -0.4 is 0 Å². The molecule has 1 saturated heterocycles. The van der Waals surface area contributed by atoms with Crippen molar-refractivity contribution >= 4 is 5.97 Å². The van der Waals surface area contributed by atoms with E-state index in [4.69, 9.17) is 4.74 Å². The summed E-state index contributed by atoms with van der Waals surface area (Å²) in [5, 5.41) is 54.1. The molecule has 0 spiro atoms. The van der Waals surface area contributed by atoms with Gasteiger partial charge in [-0.15, -0.1) is 0 Å². The number of fused-ring (bicyclic) bond motifs is 2. The Morgan fingerprint density at radius 2 is 1.62 bits per heavy atom. The Morgan fingerprint density at radius 3 is 2.23 bits per heavy atom. The average Bonchev–Trinajstić information content (AvgIpc) is 2.81. The third kappa shape index (κ3) is 1.79. The zero-order chi connectivity index (χ0) is 19.3. The molecule has 0 aromatic carbocycles. The summed E-state index contributed by atoms with van der Waals surface area (Å²) in [6.45, 7) is 9.16. The maximum Gasteiger partial charge on any atom is 0.310 e. The van der Waals surface area contributed by atoms with Gasteiger partial charge in [0.1, 0.15) is 6.10 Å². The summed E-state index contributed by atoms with van der Waals surface area (Å²) < 4.78 is 5.57. The van der Waals surface area contributed by atoms with Crippen molar-refractivity contribution in [2.24, 2.45) is 34.5 Å². The van der Waals surface area contributed by atoms with Crippen LogP contribution in [0.2, 0.25) is 0 Å². The van der Waals surface area contributed by atoms with Crippen molar-refractivity contribution in [3.8, 4) is 0 Å². The Balaban J connectivity index is 1.97. The Bertz CT molecular complexity index is 664. The molecule has 3 unspecified atom stereocenters. The first-order valence-electron chi connectivity index (χ1n) is 9.27. The summed E-state index contributed by atoms with van der Waals surface area (Å²) in [5.74, 6) is -3.17. The molecule has 4 rings (SSSR count). The molecule has 3 aliphatic carbocycles. The van der Waals surface area contributed by atoms with Crippen LogP contribution in [0.25, 0.3) is 0 Å². The molecule has 1 aliphatic heterocycles. The van der Waals surface area contributed by atoms with Crippen LogP contribution in [0, 0.1) is 34.5 Å². The van der Waals surface area contributed by atoms with Gasteiger partial charge in [0.05, 0.1) is 36.4 Å². The van der Waals surface area contributed by atoms with Crippen molar-refractivity contribution in [2.45, 2.75) is 63.8 Å². The average molecular weight is 368 g/mol. The first-order valence-corrected chi connectivity index (χ1v) is 9.27. The second-order valence-electron chi connectivity index (χ2n) is 9.23. The maximum absolute atomic E-state index is 12.6. The van der Waals surface area contributed by atoms with Gasteiger partial charge in [0.25, 0.3) is 0 Å². The van der Waals surface area contributed by atoms with Crippen LogP contribution in [-0.4, -0.2) is 68.1 Å². The van der Waals surface area contributed by atoms with Crippen LogP contribution in [0.5, 0.6) is 0 Å². The fourth-order valence-electron chi connectivity index (χ4n) is 7.16. The molecular formula is C19H28O7. The van der Waals surface area contributed by atoms with E-state index in [2.05, 4.69) is 6.58 Å². The molecule has 146 valence electrons. The molecule has 4 aliphatic rings. The fraction of sp³-hybridized carbons (Fsp3) is 0.842. The SMILES string of the molecule is C=C1C[C@H](O)[C@@H](O)[C@@]2(C)C1[C@@H](O)[C@H]1OC(=O)C3[C@@H](C)[C@@H](O)[C@H](O)C2[C@]31C. The maximum atomic E-state index is 12.6. The number of carbonyl (C=O) groups is 1. The molecule has 0 amide bonds. The van der Waals surface area contributed by atoms with Gasteiger partial charge in [-0.25, -0.2) is 0 Å². The van der Waals surface area contributed by atoms with Gasteiger partial charge in [0.2, 0.25) is 0 Å². The number of carbonyl (C=O) groups excluding carboxylic acids is 1. The number of aliphatic hydroxyl groups is 5. The lowest BCUT2D eigenvalue weighted by Gasteiger charge is -2.66. The predicted molar refractivity (Wildman–Crippen MR) is 89.5 cm³/mol. The van der Waals surface area contributed by atoms with Crippen LogP contribution in [0.3, 0.4) is 0 Å². The molecule has 0 bridgehead atoms. The highest BCUT2D eigenvalue weighted by Crippen LogP contribution is 2.69. The van der Waals surface area contributed by atoms with E-state index in [9.17, 15) is 30.3 Å². The molecular weight excluding hydrogens is 340 g/mol. The molecule has 5 N–H and O–H groups in total. The van der Waals surface area contributed by atoms with E-state index < -0.39 is 77.1 Å². The fourth-order valence-corrected chi connectivity index (χ4v) is 7.16. The molecule has 7 heteroatoms. The van der Waals surface area contributed by atoms with Gasteiger partial charge >= 0.3 is 5.97 Å². The second kappa shape index (κ2) is 5.29. The van der Waals surface area contributed by atoms with E-state index in [1.807, 2.05) is 0 Å². The molecule has 1 heterocycles. The topological polar surface area (TPSA) is 127 Å². The Kier molecular flexibility index (Phi) is 3.74. The summed E-state index contributed by atoms with van der Waals surface area (Å²) in [7, 11) is 0. The van der Waals surface area contributed by atoms with Gasteiger partial charge in [0, 0.05) is 22.7 Å². The summed E-state index contributed by atoms with van der Waals surface area (Å²) in [6.07, 6.45) is -6.54. The van der Waals surface area contributed by atoms with Gasteiger partial charge in [-0.1, -0.05) is 32.9 Å². The predicted octanol–water partition coefficient (Wildman–Crippen LogP) is -0.799. The van der Waals surface area contributed by atoms with Crippen molar-refractivity contribution in [1.29, 1.82) is 0 Å². The normalized spacial score (nSPS) is 61.7. The quantitative estimate of drug-likeness (QED) is 0.280.